The lowest BCUT2D eigenvalue weighted by molar-refractivity contribution is 0.0952. The quantitative estimate of drug-likeness (QED) is 0.454. The average Bonchev–Trinajstić information content (AvgIpc) is 3.09. The van der Waals surface area contributed by atoms with E-state index >= 15 is 0 Å². The van der Waals surface area contributed by atoms with Crippen LogP contribution in [-0.4, -0.2) is 50.0 Å². The second-order valence-electron chi connectivity index (χ2n) is 6.43. The highest BCUT2D eigenvalue weighted by Crippen LogP contribution is 2.23. The third-order valence-corrected chi connectivity index (χ3v) is 4.44. The van der Waals surface area contributed by atoms with E-state index in [2.05, 4.69) is 44.5 Å². The molecule has 0 fully saturated rings. The van der Waals surface area contributed by atoms with Gasteiger partial charge in [-0.05, 0) is 24.3 Å². The van der Waals surface area contributed by atoms with Gasteiger partial charge in [0, 0.05) is 31.0 Å². The highest BCUT2D eigenvalue weighted by Gasteiger charge is 2.13. The van der Waals surface area contributed by atoms with E-state index in [9.17, 15) is 4.79 Å². The first-order chi connectivity index (χ1) is 13.1. The summed E-state index contributed by atoms with van der Waals surface area (Å²) in [5, 5.41) is 12.3. The Labute approximate surface area is 162 Å². The fraction of sp³-hybridized carbons (Fsp3) is 0.389. The zero-order valence-electron chi connectivity index (χ0n) is 15.6. The predicted octanol–water partition coefficient (Wildman–Crippen LogP) is 2.44. The van der Waals surface area contributed by atoms with Gasteiger partial charge in [-0.3, -0.25) is 9.78 Å². The maximum Gasteiger partial charge on any atom is 0.251 e. The molecule has 0 atom stereocenters. The molecule has 0 saturated heterocycles. The molecule has 9 heteroatoms. The Morgan fingerprint density at radius 1 is 1.26 bits per heavy atom. The third-order valence-electron chi connectivity index (χ3n) is 3.89. The molecule has 1 amide bonds. The number of amides is 1. The number of rotatable bonds is 8. The number of nitrogens with zero attached hydrogens (tertiary/aromatic N) is 5. The van der Waals surface area contributed by atoms with Crippen molar-refractivity contribution in [2.45, 2.75) is 25.5 Å². The monoisotopic (exact) mass is 385 g/mol. The van der Waals surface area contributed by atoms with Gasteiger partial charge in [-0.25, -0.2) is 14.6 Å². The van der Waals surface area contributed by atoms with Gasteiger partial charge in [-0.2, -0.15) is 5.10 Å². The molecule has 0 unspecified atom stereocenters. The molecule has 0 radical (unpaired) electrons. The van der Waals surface area contributed by atoms with Gasteiger partial charge < -0.3 is 10.6 Å². The molecular weight excluding hydrogens is 362 g/mol. The van der Waals surface area contributed by atoms with Gasteiger partial charge in [-0.1, -0.05) is 25.6 Å². The third kappa shape index (κ3) is 4.73. The lowest BCUT2D eigenvalue weighted by atomic mass is 10.2. The fourth-order valence-electron chi connectivity index (χ4n) is 2.51. The van der Waals surface area contributed by atoms with Gasteiger partial charge in [0.25, 0.3) is 5.91 Å². The van der Waals surface area contributed by atoms with Gasteiger partial charge in [0.2, 0.25) is 0 Å². The molecule has 0 bridgehead atoms. The molecule has 3 rings (SSSR count). The van der Waals surface area contributed by atoms with Crippen molar-refractivity contribution < 1.29 is 4.79 Å². The minimum absolute atomic E-state index is 0.132. The number of hydrogen-bond acceptors (Lipinski definition) is 7. The Morgan fingerprint density at radius 2 is 2.04 bits per heavy atom. The van der Waals surface area contributed by atoms with E-state index in [1.807, 2.05) is 6.26 Å². The standard InChI is InChI=1S/C18H23N7OS/c1-12(2)10-21-15-14-11-22-25(16(14)24-18(23-15)27-3)9-8-20-17(26)13-4-6-19-7-5-13/h4-7,11-12H,8-10H2,1-3H3,(H,20,26)(H,21,23,24). The summed E-state index contributed by atoms with van der Waals surface area (Å²) in [7, 11) is 0. The van der Waals surface area contributed by atoms with Crippen LogP contribution in [0.25, 0.3) is 11.0 Å². The number of nitrogens with one attached hydrogen (secondary N) is 2. The second kappa shape index (κ2) is 8.81. The smallest absolute Gasteiger partial charge is 0.251 e. The maximum atomic E-state index is 12.1. The molecule has 3 aromatic heterocycles. The number of fused-ring (bicyclic) bond motifs is 1. The summed E-state index contributed by atoms with van der Waals surface area (Å²) in [4.78, 5) is 25.2. The maximum absolute atomic E-state index is 12.1. The van der Waals surface area contributed by atoms with Crippen molar-refractivity contribution in [3.8, 4) is 0 Å². The molecule has 0 spiro atoms. The Hall–Kier alpha value is -2.68. The molecule has 0 aliphatic rings. The number of carbonyl (C=O) groups is 1. The predicted molar refractivity (Wildman–Crippen MR) is 107 cm³/mol. The highest BCUT2D eigenvalue weighted by molar-refractivity contribution is 7.98. The number of carbonyl (C=O) groups excluding carboxylic acids is 1. The van der Waals surface area contributed by atoms with Crippen LogP contribution >= 0.6 is 11.8 Å². The molecule has 3 heterocycles. The number of pyridine rings is 1. The topological polar surface area (TPSA) is 97.6 Å². The van der Waals surface area contributed by atoms with E-state index < -0.39 is 0 Å². The largest absolute Gasteiger partial charge is 0.369 e. The fourth-order valence-corrected chi connectivity index (χ4v) is 2.87. The summed E-state index contributed by atoms with van der Waals surface area (Å²) in [6, 6.07) is 3.37. The van der Waals surface area contributed by atoms with Crippen LogP contribution in [0.1, 0.15) is 24.2 Å². The SMILES string of the molecule is CSc1nc(NCC(C)C)c2cnn(CCNC(=O)c3ccncc3)c2n1. The van der Waals surface area contributed by atoms with Gasteiger partial charge in [0.1, 0.15) is 5.82 Å². The average molecular weight is 385 g/mol. The molecular formula is C18H23N7OS. The Kier molecular flexibility index (Phi) is 6.23. The summed E-state index contributed by atoms with van der Waals surface area (Å²) in [5.41, 5.74) is 1.35. The molecule has 0 aliphatic carbocycles. The minimum atomic E-state index is -0.132. The van der Waals surface area contributed by atoms with E-state index in [0.29, 0.717) is 29.7 Å². The first kappa shape index (κ1) is 19.1. The van der Waals surface area contributed by atoms with Crippen molar-refractivity contribution in [3.05, 3.63) is 36.3 Å². The number of aromatic nitrogens is 5. The zero-order chi connectivity index (χ0) is 19.2. The van der Waals surface area contributed by atoms with Crippen LogP contribution in [0.5, 0.6) is 0 Å². The van der Waals surface area contributed by atoms with Crippen LogP contribution in [0.2, 0.25) is 0 Å². The van der Waals surface area contributed by atoms with Gasteiger partial charge >= 0.3 is 0 Å². The first-order valence-corrected chi connectivity index (χ1v) is 10.0. The van der Waals surface area contributed by atoms with Crippen molar-refractivity contribution in [2.75, 3.05) is 24.7 Å². The minimum Gasteiger partial charge on any atom is -0.369 e. The van der Waals surface area contributed by atoms with E-state index in [1.165, 1.54) is 11.8 Å². The van der Waals surface area contributed by atoms with Gasteiger partial charge in [0.15, 0.2) is 10.8 Å². The number of thioether (sulfide) groups is 1. The molecule has 142 valence electrons. The van der Waals surface area contributed by atoms with Crippen molar-refractivity contribution in [3.63, 3.8) is 0 Å². The van der Waals surface area contributed by atoms with E-state index in [1.54, 1.807) is 35.4 Å². The second-order valence-corrected chi connectivity index (χ2v) is 7.20. The van der Waals surface area contributed by atoms with Crippen LogP contribution in [0.15, 0.2) is 35.9 Å². The molecule has 8 nitrogen and oxygen atoms in total. The Morgan fingerprint density at radius 3 is 2.74 bits per heavy atom. The first-order valence-electron chi connectivity index (χ1n) is 8.78. The lowest BCUT2D eigenvalue weighted by Gasteiger charge is -2.10. The van der Waals surface area contributed by atoms with Crippen molar-refractivity contribution >= 4 is 34.5 Å². The Balaban J connectivity index is 1.73. The van der Waals surface area contributed by atoms with Crippen LogP contribution in [-0.2, 0) is 6.54 Å². The van der Waals surface area contributed by atoms with E-state index in [0.717, 1.165) is 23.4 Å². The summed E-state index contributed by atoms with van der Waals surface area (Å²) in [5.74, 6) is 1.17. The molecule has 3 aromatic rings. The molecule has 27 heavy (non-hydrogen) atoms. The van der Waals surface area contributed by atoms with Crippen LogP contribution < -0.4 is 10.6 Å². The van der Waals surface area contributed by atoms with E-state index in [-0.39, 0.29) is 5.91 Å². The lowest BCUT2D eigenvalue weighted by Crippen LogP contribution is -2.27. The normalized spacial score (nSPS) is 11.1. The summed E-state index contributed by atoms with van der Waals surface area (Å²) >= 11 is 1.49. The number of anilines is 1. The summed E-state index contributed by atoms with van der Waals surface area (Å²) in [6.45, 7) is 6.10. The summed E-state index contributed by atoms with van der Waals surface area (Å²) in [6.07, 6.45) is 6.92. The zero-order valence-corrected chi connectivity index (χ0v) is 16.5. The Bertz CT molecular complexity index is 911. The molecule has 0 saturated carbocycles. The highest BCUT2D eigenvalue weighted by atomic mass is 32.2. The van der Waals surface area contributed by atoms with Gasteiger partial charge in [0.05, 0.1) is 18.1 Å². The van der Waals surface area contributed by atoms with Crippen molar-refractivity contribution in [2.24, 2.45) is 5.92 Å². The van der Waals surface area contributed by atoms with Crippen LogP contribution in [0, 0.1) is 5.92 Å². The van der Waals surface area contributed by atoms with Crippen molar-refractivity contribution in [1.29, 1.82) is 0 Å². The summed E-state index contributed by atoms with van der Waals surface area (Å²) < 4.78 is 1.80. The van der Waals surface area contributed by atoms with Crippen LogP contribution in [0.4, 0.5) is 5.82 Å². The number of hydrogen-bond donors (Lipinski definition) is 2. The molecule has 0 aliphatic heterocycles. The molecule has 0 aromatic carbocycles. The van der Waals surface area contributed by atoms with E-state index in [4.69, 9.17) is 0 Å². The van der Waals surface area contributed by atoms with Crippen LogP contribution in [0.3, 0.4) is 0 Å². The van der Waals surface area contributed by atoms with Gasteiger partial charge in [-0.15, -0.1) is 0 Å². The van der Waals surface area contributed by atoms with Crippen molar-refractivity contribution in [1.82, 2.24) is 30.0 Å². The molecule has 2 N–H and O–H groups in total.